The van der Waals surface area contributed by atoms with Crippen molar-refractivity contribution in [2.75, 3.05) is 32.8 Å². The summed E-state index contributed by atoms with van der Waals surface area (Å²) in [5, 5.41) is 7.97. The van der Waals surface area contributed by atoms with Gasteiger partial charge in [-0.3, -0.25) is 0 Å². The third-order valence-corrected chi connectivity index (χ3v) is 9.09. The lowest BCUT2D eigenvalue weighted by molar-refractivity contribution is 0.171. The van der Waals surface area contributed by atoms with Crippen LogP contribution in [0.2, 0.25) is 0 Å². The molecule has 0 spiro atoms. The molecule has 3 heterocycles. The molecule has 11 heteroatoms. The maximum absolute atomic E-state index is 13.6. The molecule has 0 atom stereocenters. The van der Waals surface area contributed by atoms with Gasteiger partial charge in [0.1, 0.15) is 24.8 Å². The molecule has 1 aromatic heterocycles. The fourth-order valence-corrected chi connectivity index (χ4v) is 6.50. The summed E-state index contributed by atoms with van der Waals surface area (Å²) in [5.41, 5.74) is 4.73. The van der Waals surface area contributed by atoms with E-state index in [0.717, 1.165) is 59.7 Å². The predicted octanol–water partition coefficient (Wildman–Crippen LogP) is 5.10. The van der Waals surface area contributed by atoms with Gasteiger partial charge in [-0.1, -0.05) is 35.1 Å². The second kappa shape index (κ2) is 12.0. The maximum atomic E-state index is 13.6. The Morgan fingerprint density at radius 1 is 0.833 bits per heavy atom. The highest BCUT2D eigenvalue weighted by Crippen LogP contribution is 2.34. The van der Waals surface area contributed by atoms with Crippen LogP contribution in [0.3, 0.4) is 0 Å². The summed E-state index contributed by atoms with van der Waals surface area (Å²) in [4.78, 5) is 2.42. The van der Waals surface area contributed by atoms with Crippen molar-refractivity contribution in [1.82, 2.24) is 19.3 Å². The van der Waals surface area contributed by atoms with E-state index in [1.807, 2.05) is 0 Å². The smallest absolute Gasteiger partial charge is 0.284 e. The van der Waals surface area contributed by atoms with Crippen LogP contribution >= 0.6 is 0 Å². The summed E-state index contributed by atoms with van der Waals surface area (Å²) in [7, 11) is -3.91. The summed E-state index contributed by atoms with van der Waals surface area (Å²) in [6.07, 6.45) is 4.53. The first kappa shape index (κ1) is 28.0. The van der Waals surface area contributed by atoms with Crippen molar-refractivity contribution in [2.45, 2.75) is 30.6 Å². The second-order valence-corrected chi connectivity index (χ2v) is 12.1. The number of nitrogens with zero attached hydrogens (tertiary/aromatic N) is 4. The zero-order valence-electron chi connectivity index (χ0n) is 22.9. The zero-order valence-corrected chi connectivity index (χ0v) is 23.7. The van der Waals surface area contributed by atoms with Crippen LogP contribution in [0.15, 0.2) is 83.4 Å². The minimum absolute atomic E-state index is 0.0565. The molecule has 6 rings (SSSR count). The molecule has 4 aromatic rings. The number of aromatic nitrogens is 3. The van der Waals surface area contributed by atoms with Gasteiger partial charge in [-0.15, -0.1) is 9.19 Å². The molecule has 2 aliphatic heterocycles. The lowest BCUT2D eigenvalue weighted by Crippen LogP contribution is -2.32. The molecule has 0 bridgehead atoms. The third-order valence-electron chi connectivity index (χ3n) is 7.56. The molecule has 8 nitrogen and oxygen atoms in total. The Hall–Kier alpha value is -4.09. The molecule has 0 radical (unpaired) electrons. The van der Waals surface area contributed by atoms with E-state index >= 15 is 0 Å². The van der Waals surface area contributed by atoms with Gasteiger partial charge in [0.15, 0.2) is 11.5 Å². The van der Waals surface area contributed by atoms with Crippen molar-refractivity contribution >= 4 is 15.6 Å². The number of fused-ring (bicyclic) bond motifs is 1. The normalized spacial score (nSPS) is 15.5. The first-order chi connectivity index (χ1) is 20.4. The molecule has 1 saturated heterocycles. The predicted molar refractivity (Wildman–Crippen MR) is 153 cm³/mol. The van der Waals surface area contributed by atoms with Gasteiger partial charge >= 0.3 is 0 Å². The van der Waals surface area contributed by atoms with E-state index in [2.05, 4.69) is 15.2 Å². The van der Waals surface area contributed by atoms with E-state index in [4.69, 9.17) is 9.47 Å². The fraction of sp³-hybridized carbons (Fsp3) is 0.290. The number of likely N-dealkylation sites (tertiary alicyclic amines) is 1. The molecule has 0 amide bonds. The van der Waals surface area contributed by atoms with Crippen molar-refractivity contribution in [2.24, 2.45) is 0 Å². The van der Waals surface area contributed by atoms with E-state index in [-0.39, 0.29) is 16.5 Å². The average Bonchev–Trinajstić information content (AvgIpc) is 3.50. The minimum atomic E-state index is -3.91. The third kappa shape index (κ3) is 6.07. The quantitative estimate of drug-likeness (QED) is 0.282. The van der Waals surface area contributed by atoms with Crippen molar-refractivity contribution in [1.29, 1.82) is 0 Å². The van der Waals surface area contributed by atoms with Gasteiger partial charge in [0, 0.05) is 19.2 Å². The molecule has 1 fully saturated rings. The highest BCUT2D eigenvalue weighted by Gasteiger charge is 2.23. The Balaban J connectivity index is 1.07. The first-order valence-corrected chi connectivity index (χ1v) is 15.3. The molecular formula is C31H30F2N4O4S. The summed E-state index contributed by atoms with van der Waals surface area (Å²) in [6.45, 7) is 3.33. The van der Waals surface area contributed by atoms with E-state index in [0.29, 0.717) is 36.8 Å². The van der Waals surface area contributed by atoms with Crippen molar-refractivity contribution in [3.8, 4) is 11.5 Å². The van der Waals surface area contributed by atoms with Gasteiger partial charge < -0.3 is 14.4 Å². The largest absolute Gasteiger partial charge is 0.486 e. The maximum Gasteiger partial charge on any atom is 0.284 e. The van der Waals surface area contributed by atoms with E-state index in [1.54, 1.807) is 30.3 Å². The van der Waals surface area contributed by atoms with E-state index in [1.165, 1.54) is 48.2 Å². The monoisotopic (exact) mass is 592 g/mol. The van der Waals surface area contributed by atoms with Crippen LogP contribution < -0.4 is 9.47 Å². The number of benzene rings is 3. The SMILES string of the molecule is O=S(=O)(c1ccc2c(c1)OCCO2)n1cc(CCCN2CCC(=C(c3ccc(F)cc3)c3ccc(F)cc3)CC2)nn1. The summed E-state index contributed by atoms with van der Waals surface area (Å²) < 4.78 is 65.3. The molecule has 0 unspecified atom stereocenters. The number of hydrogen-bond donors (Lipinski definition) is 0. The van der Waals surface area contributed by atoms with Gasteiger partial charge in [0.05, 0.1) is 16.8 Å². The highest BCUT2D eigenvalue weighted by atomic mass is 32.2. The number of rotatable bonds is 8. The first-order valence-electron chi connectivity index (χ1n) is 13.9. The number of aryl methyl sites for hydroxylation is 1. The molecule has 0 saturated carbocycles. The van der Waals surface area contributed by atoms with Gasteiger partial charge in [0.2, 0.25) is 0 Å². The van der Waals surface area contributed by atoms with Gasteiger partial charge in [-0.05, 0) is 85.3 Å². The fourth-order valence-electron chi connectivity index (χ4n) is 5.39. The molecular weight excluding hydrogens is 562 g/mol. The highest BCUT2D eigenvalue weighted by molar-refractivity contribution is 7.89. The summed E-state index contributed by atoms with van der Waals surface area (Å²) in [6, 6.07) is 17.4. The van der Waals surface area contributed by atoms with Crippen LogP contribution in [-0.2, 0) is 16.4 Å². The summed E-state index contributed by atoms with van der Waals surface area (Å²) in [5.74, 6) is 0.322. The van der Waals surface area contributed by atoms with Crippen molar-refractivity contribution < 1.29 is 26.7 Å². The van der Waals surface area contributed by atoms with Gasteiger partial charge in [-0.25, -0.2) is 8.78 Å². The van der Waals surface area contributed by atoms with Crippen LogP contribution in [0.25, 0.3) is 5.57 Å². The second-order valence-electron chi connectivity index (χ2n) is 10.3. The molecule has 0 N–H and O–H groups in total. The molecule has 3 aromatic carbocycles. The Bertz CT molecular complexity index is 1650. The lowest BCUT2D eigenvalue weighted by Gasteiger charge is -2.30. The topological polar surface area (TPSA) is 86.6 Å². The van der Waals surface area contributed by atoms with E-state index in [9.17, 15) is 17.2 Å². The van der Waals surface area contributed by atoms with Crippen molar-refractivity contribution in [3.63, 3.8) is 0 Å². The van der Waals surface area contributed by atoms with Crippen LogP contribution in [0.1, 0.15) is 36.1 Å². The number of hydrogen-bond acceptors (Lipinski definition) is 7. The van der Waals surface area contributed by atoms with Crippen molar-refractivity contribution in [3.05, 3.63) is 107 Å². The minimum Gasteiger partial charge on any atom is -0.486 e. The molecule has 0 aliphatic carbocycles. The van der Waals surface area contributed by atoms with E-state index < -0.39 is 10.0 Å². The average molecular weight is 593 g/mol. The Morgan fingerprint density at radius 3 is 2.10 bits per heavy atom. The van der Waals surface area contributed by atoms with Crippen LogP contribution in [0, 0.1) is 11.6 Å². The number of piperidine rings is 1. The zero-order chi connectivity index (χ0) is 29.1. The standard InChI is InChI=1S/C31H30F2N4O4S/c32-25-7-3-22(4-8-25)31(23-5-9-26(33)10-6-23)24-13-16-36(17-14-24)15-1-2-27-21-37(35-34-27)42(38,39)28-11-12-29-30(20-28)41-19-18-40-29/h3-12,20-21H,1-2,13-19H2. The molecule has 218 valence electrons. The van der Waals surface area contributed by atoms with Crippen LogP contribution in [-0.4, -0.2) is 60.6 Å². The number of halogens is 2. The lowest BCUT2D eigenvalue weighted by atomic mass is 9.88. The Morgan fingerprint density at radius 2 is 1.45 bits per heavy atom. The van der Waals surface area contributed by atoms with Crippen LogP contribution in [0.4, 0.5) is 8.78 Å². The van der Waals surface area contributed by atoms with Gasteiger partial charge in [-0.2, -0.15) is 8.42 Å². The molecule has 2 aliphatic rings. The van der Waals surface area contributed by atoms with Gasteiger partial charge in [0.25, 0.3) is 10.0 Å². The number of ether oxygens (including phenoxy) is 2. The van der Waals surface area contributed by atoms with Crippen LogP contribution in [0.5, 0.6) is 11.5 Å². The Kier molecular flexibility index (Phi) is 8.03. The summed E-state index contributed by atoms with van der Waals surface area (Å²) >= 11 is 0. The Labute approximate surface area is 243 Å². The molecule has 42 heavy (non-hydrogen) atoms.